The lowest BCUT2D eigenvalue weighted by Crippen LogP contribution is -2.45. The van der Waals surface area contributed by atoms with Crippen LogP contribution in [-0.2, 0) is 14.3 Å². The molecule has 0 aromatic heterocycles. The molecule has 0 aromatic carbocycles. The number of ether oxygens (including phenoxy) is 2. The van der Waals surface area contributed by atoms with Crippen molar-refractivity contribution in [1.29, 1.82) is 0 Å². The third kappa shape index (κ3) is 0.910. The van der Waals surface area contributed by atoms with Crippen molar-refractivity contribution in [1.82, 2.24) is 0 Å². The van der Waals surface area contributed by atoms with Gasteiger partial charge >= 0.3 is 5.97 Å². The van der Waals surface area contributed by atoms with Gasteiger partial charge in [0.1, 0.15) is 18.1 Å². The lowest BCUT2D eigenvalue weighted by molar-refractivity contribution is -0.142. The van der Waals surface area contributed by atoms with Crippen molar-refractivity contribution < 1.29 is 14.3 Å². The van der Waals surface area contributed by atoms with Gasteiger partial charge in [-0.1, -0.05) is 0 Å². The first-order valence-corrected chi connectivity index (χ1v) is 4.33. The molecule has 0 saturated carbocycles. The molecule has 0 aromatic rings. The largest absolute Gasteiger partial charge is 0.462 e. The van der Waals surface area contributed by atoms with E-state index in [0.717, 1.165) is 12.8 Å². The van der Waals surface area contributed by atoms with E-state index in [2.05, 4.69) is 0 Å². The monoisotopic (exact) mass is 205 g/mol. The maximum Gasteiger partial charge on any atom is 0.313 e. The molecule has 2 bridgehead atoms. The summed E-state index contributed by atoms with van der Waals surface area (Å²) in [5, 5.41) is 0. The van der Waals surface area contributed by atoms with Crippen molar-refractivity contribution >= 4 is 18.4 Å². The molecule has 5 heteroatoms. The molecule has 3 heterocycles. The molecule has 2 N–H and O–H groups in total. The van der Waals surface area contributed by atoms with Gasteiger partial charge in [-0.05, 0) is 12.8 Å². The maximum absolute atomic E-state index is 11.3. The summed E-state index contributed by atoms with van der Waals surface area (Å²) >= 11 is 0. The van der Waals surface area contributed by atoms with Crippen LogP contribution in [0.25, 0.3) is 0 Å². The van der Waals surface area contributed by atoms with Crippen LogP contribution in [0.4, 0.5) is 0 Å². The lowest BCUT2D eigenvalue weighted by Gasteiger charge is -2.23. The fourth-order valence-electron chi connectivity index (χ4n) is 2.72. The Bertz CT molecular complexity index is 260. The Kier molecular flexibility index (Phi) is 1.84. The number of rotatable bonds is 0. The van der Waals surface area contributed by atoms with Gasteiger partial charge in [-0.15, -0.1) is 12.4 Å². The van der Waals surface area contributed by atoms with Crippen molar-refractivity contribution in [2.75, 3.05) is 6.61 Å². The zero-order valence-corrected chi connectivity index (χ0v) is 7.88. The second kappa shape index (κ2) is 2.59. The normalized spacial score (nSPS) is 51.5. The average molecular weight is 206 g/mol. The maximum atomic E-state index is 11.3. The summed E-state index contributed by atoms with van der Waals surface area (Å²) in [7, 11) is 0. The number of halogens is 1. The summed E-state index contributed by atoms with van der Waals surface area (Å²) < 4.78 is 10.7. The van der Waals surface area contributed by atoms with Crippen molar-refractivity contribution in [2.24, 2.45) is 11.7 Å². The number of fused-ring (bicyclic) bond motifs is 1. The van der Waals surface area contributed by atoms with Crippen LogP contribution in [0.15, 0.2) is 0 Å². The molecule has 3 fully saturated rings. The van der Waals surface area contributed by atoms with E-state index in [0.29, 0.717) is 6.61 Å². The Hall–Kier alpha value is -0.320. The van der Waals surface area contributed by atoms with Gasteiger partial charge in [-0.25, -0.2) is 0 Å². The molecule has 13 heavy (non-hydrogen) atoms. The van der Waals surface area contributed by atoms with E-state index in [1.165, 1.54) is 0 Å². The first-order chi connectivity index (χ1) is 5.73. The van der Waals surface area contributed by atoms with E-state index in [-0.39, 0.29) is 42.0 Å². The van der Waals surface area contributed by atoms with Crippen LogP contribution < -0.4 is 5.73 Å². The first kappa shape index (κ1) is 9.24. The predicted molar refractivity (Wildman–Crippen MR) is 46.5 cm³/mol. The Labute approximate surface area is 82.2 Å². The Morgan fingerprint density at radius 3 is 3.00 bits per heavy atom. The standard InChI is InChI=1S/C8H11NO3.ClH/c9-6-4-1-2-8(12-4)3-11-7(10)5(6)8;/h4-6H,1-3,9H2;1H. The van der Waals surface area contributed by atoms with Gasteiger partial charge in [0.15, 0.2) is 0 Å². The smallest absolute Gasteiger partial charge is 0.313 e. The topological polar surface area (TPSA) is 61.5 Å². The zero-order chi connectivity index (χ0) is 8.34. The number of hydrogen-bond donors (Lipinski definition) is 1. The molecule has 0 aliphatic carbocycles. The molecule has 74 valence electrons. The van der Waals surface area contributed by atoms with Gasteiger partial charge in [0.2, 0.25) is 0 Å². The second-order valence-electron chi connectivity index (χ2n) is 3.92. The minimum absolute atomic E-state index is 0. The summed E-state index contributed by atoms with van der Waals surface area (Å²) in [6.07, 6.45) is 2.01. The molecule has 4 nitrogen and oxygen atoms in total. The van der Waals surface area contributed by atoms with Crippen molar-refractivity contribution in [3.8, 4) is 0 Å². The lowest BCUT2D eigenvalue weighted by atomic mass is 9.78. The Morgan fingerprint density at radius 1 is 1.54 bits per heavy atom. The van der Waals surface area contributed by atoms with Crippen LogP contribution in [0, 0.1) is 5.92 Å². The summed E-state index contributed by atoms with van der Waals surface area (Å²) in [5.41, 5.74) is 5.53. The predicted octanol–water partition coefficient (Wildman–Crippen LogP) is -0.160. The van der Waals surface area contributed by atoms with Gasteiger partial charge in [0.25, 0.3) is 0 Å². The average Bonchev–Trinajstić information content (AvgIpc) is 2.65. The van der Waals surface area contributed by atoms with E-state index in [9.17, 15) is 4.79 Å². The SMILES string of the molecule is Cl.NC1C2CCC3(COC(=O)C13)O2. The van der Waals surface area contributed by atoms with E-state index >= 15 is 0 Å². The number of carbonyl (C=O) groups is 1. The zero-order valence-electron chi connectivity index (χ0n) is 7.06. The van der Waals surface area contributed by atoms with E-state index < -0.39 is 0 Å². The minimum Gasteiger partial charge on any atom is -0.462 e. The fraction of sp³-hybridized carbons (Fsp3) is 0.875. The third-order valence-corrected chi connectivity index (χ3v) is 3.33. The number of carbonyl (C=O) groups excluding carboxylic acids is 1. The van der Waals surface area contributed by atoms with Crippen molar-refractivity contribution in [3.05, 3.63) is 0 Å². The van der Waals surface area contributed by atoms with E-state index in [4.69, 9.17) is 15.2 Å². The van der Waals surface area contributed by atoms with Gasteiger partial charge < -0.3 is 15.2 Å². The summed E-state index contributed by atoms with van der Waals surface area (Å²) in [5.74, 6) is -0.346. The van der Waals surface area contributed by atoms with E-state index in [1.807, 2.05) is 0 Å². The summed E-state index contributed by atoms with van der Waals surface area (Å²) in [6, 6.07) is -0.131. The highest BCUT2D eigenvalue weighted by Gasteiger charge is 2.65. The first-order valence-electron chi connectivity index (χ1n) is 4.33. The van der Waals surface area contributed by atoms with Gasteiger partial charge in [-0.3, -0.25) is 4.79 Å². The minimum atomic E-state index is -0.332. The molecule has 0 amide bonds. The third-order valence-electron chi connectivity index (χ3n) is 3.33. The highest BCUT2D eigenvalue weighted by molar-refractivity contribution is 5.85. The van der Waals surface area contributed by atoms with Crippen LogP contribution in [0.1, 0.15) is 12.8 Å². The number of nitrogens with two attached hydrogens (primary N) is 1. The van der Waals surface area contributed by atoms with Gasteiger partial charge in [0, 0.05) is 6.04 Å². The van der Waals surface area contributed by atoms with Crippen LogP contribution in [0.5, 0.6) is 0 Å². The quantitative estimate of drug-likeness (QED) is 0.559. The van der Waals surface area contributed by atoms with Gasteiger partial charge in [0.05, 0.1) is 6.10 Å². The van der Waals surface area contributed by atoms with Crippen molar-refractivity contribution in [3.63, 3.8) is 0 Å². The fourth-order valence-corrected chi connectivity index (χ4v) is 2.72. The van der Waals surface area contributed by atoms with Crippen LogP contribution in [-0.4, -0.2) is 30.3 Å². The number of cyclic esters (lactones) is 1. The summed E-state index contributed by atoms with van der Waals surface area (Å²) in [6.45, 7) is 0.417. The molecular formula is C8H12ClNO3. The highest BCUT2D eigenvalue weighted by Crippen LogP contribution is 2.50. The molecule has 3 rings (SSSR count). The van der Waals surface area contributed by atoms with Crippen LogP contribution in [0.3, 0.4) is 0 Å². The molecule has 0 radical (unpaired) electrons. The van der Waals surface area contributed by atoms with Crippen molar-refractivity contribution in [2.45, 2.75) is 30.6 Å². The molecule has 4 atom stereocenters. The van der Waals surface area contributed by atoms with E-state index in [1.54, 1.807) is 0 Å². The Morgan fingerprint density at radius 2 is 2.31 bits per heavy atom. The highest BCUT2D eigenvalue weighted by atomic mass is 35.5. The molecule has 3 aliphatic heterocycles. The number of esters is 1. The molecular weight excluding hydrogens is 194 g/mol. The summed E-state index contributed by atoms with van der Waals surface area (Å²) in [4.78, 5) is 11.3. The Balaban J connectivity index is 0.000000653. The second-order valence-corrected chi connectivity index (χ2v) is 3.92. The van der Waals surface area contributed by atoms with Gasteiger partial charge in [-0.2, -0.15) is 0 Å². The molecule has 3 saturated heterocycles. The molecule has 4 unspecified atom stereocenters. The molecule has 1 spiro atoms. The molecule has 3 aliphatic rings. The van der Waals surface area contributed by atoms with Crippen LogP contribution in [0.2, 0.25) is 0 Å². The number of hydrogen-bond acceptors (Lipinski definition) is 4. The van der Waals surface area contributed by atoms with Crippen LogP contribution >= 0.6 is 12.4 Å².